The van der Waals surface area contributed by atoms with Crippen molar-refractivity contribution in [2.45, 2.75) is 51.0 Å². The first-order valence-electron chi connectivity index (χ1n) is 8.67. The number of benzene rings is 1. The summed E-state index contributed by atoms with van der Waals surface area (Å²) in [6, 6.07) is 6.59. The van der Waals surface area contributed by atoms with Crippen LogP contribution >= 0.6 is 0 Å². The lowest BCUT2D eigenvalue weighted by Gasteiger charge is -2.35. The molecule has 2 aliphatic carbocycles. The second kappa shape index (κ2) is 5.38. The van der Waals surface area contributed by atoms with E-state index in [1.807, 2.05) is 0 Å². The van der Waals surface area contributed by atoms with Crippen molar-refractivity contribution in [3.8, 4) is 0 Å². The number of Topliss-reactive ketones (excluding diaryl/α,β-unsaturated/α-hetero) is 1. The lowest BCUT2D eigenvalue weighted by Crippen LogP contribution is -2.35. The molecule has 2 fully saturated rings. The van der Waals surface area contributed by atoms with Crippen molar-refractivity contribution < 1.29 is 9.53 Å². The third-order valence-corrected chi connectivity index (χ3v) is 6.04. The highest BCUT2D eigenvalue weighted by molar-refractivity contribution is 6.05. The maximum Gasteiger partial charge on any atom is 0.169 e. The minimum atomic E-state index is -0.124. The Balaban J connectivity index is 1.59. The molecule has 118 valence electrons. The molecule has 1 saturated heterocycles. The largest absolute Gasteiger partial charge is 0.381 e. The molecule has 1 saturated carbocycles. The van der Waals surface area contributed by atoms with Gasteiger partial charge < -0.3 is 9.64 Å². The van der Waals surface area contributed by atoms with Crippen LogP contribution in [0.2, 0.25) is 0 Å². The Morgan fingerprint density at radius 3 is 2.59 bits per heavy atom. The highest BCUT2D eigenvalue weighted by Crippen LogP contribution is 2.48. The summed E-state index contributed by atoms with van der Waals surface area (Å²) in [6.45, 7) is 2.27. The summed E-state index contributed by atoms with van der Waals surface area (Å²) in [7, 11) is 1.79. The van der Waals surface area contributed by atoms with Crippen LogP contribution in [0.1, 0.15) is 54.4 Å². The average molecular weight is 299 g/mol. The zero-order chi connectivity index (χ0) is 15.2. The normalized spacial score (nSPS) is 31.0. The molecule has 3 aliphatic rings. The van der Waals surface area contributed by atoms with Crippen molar-refractivity contribution in [2.24, 2.45) is 5.41 Å². The molecule has 1 spiro atoms. The summed E-state index contributed by atoms with van der Waals surface area (Å²) >= 11 is 0. The second-order valence-corrected chi connectivity index (χ2v) is 7.26. The maximum absolute atomic E-state index is 13.1. The summed E-state index contributed by atoms with van der Waals surface area (Å²) in [5.41, 5.74) is 3.39. The Morgan fingerprint density at radius 2 is 1.91 bits per heavy atom. The Morgan fingerprint density at radius 1 is 1.18 bits per heavy atom. The van der Waals surface area contributed by atoms with E-state index >= 15 is 0 Å². The van der Waals surface area contributed by atoms with Crippen LogP contribution in [0.3, 0.4) is 0 Å². The van der Waals surface area contributed by atoms with Crippen molar-refractivity contribution >= 4 is 11.5 Å². The Hall–Kier alpha value is -1.35. The zero-order valence-corrected chi connectivity index (χ0v) is 13.4. The summed E-state index contributed by atoms with van der Waals surface area (Å²) in [6.07, 6.45) is 7.85. The predicted octanol–water partition coefficient (Wildman–Crippen LogP) is 3.60. The van der Waals surface area contributed by atoms with Crippen LogP contribution in [-0.2, 0) is 11.2 Å². The van der Waals surface area contributed by atoms with Gasteiger partial charge in [-0.2, -0.15) is 0 Å². The van der Waals surface area contributed by atoms with Crippen LogP contribution in [0, 0.1) is 5.41 Å². The first-order chi connectivity index (χ1) is 10.7. The first-order valence-corrected chi connectivity index (χ1v) is 8.67. The van der Waals surface area contributed by atoms with E-state index in [1.54, 1.807) is 7.11 Å². The zero-order valence-electron chi connectivity index (χ0n) is 13.4. The van der Waals surface area contributed by atoms with E-state index in [9.17, 15) is 4.79 Å². The number of methoxy groups -OCH3 is 1. The molecule has 3 nitrogen and oxygen atoms in total. The van der Waals surface area contributed by atoms with Gasteiger partial charge in [0.2, 0.25) is 0 Å². The van der Waals surface area contributed by atoms with Gasteiger partial charge in [0.15, 0.2) is 5.78 Å². The van der Waals surface area contributed by atoms with E-state index in [1.165, 1.54) is 24.1 Å². The summed E-state index contributed by atoms with van der Waals surface area (Å²) in [5.74, 6) is 0.401. The lowest BCUT2D eigenvalue weighted by molar-refractivity contribution is 0.0285. The van der Waals surface area contributed by atoms with E-state index in [4.69, 9.17) is 4.74 Å². The third-order valence-electron chi connectivity index (χ3n) is 6.04. The van der Waals surface area contributed by atoms with E-state index in [2.05, 4.69) is 23.1 Å². The van der Waals surface area contributed by atoms with Gasteiger partial charge in [-0.15, -0.1) is 0 Å². The van der Waals surface area contributed by atoms with Crippen LogP contribution < -0.4 is 4.90 Å². The molecule has 0 radical (unpaired) electrons. The Bertz CT molecular complexity index is 581. The highest BCUT2D eigenvalue weighted by Gasteiger charge is 2.47. The smallest absolute Gasteiger partial charge is 0.169 e. The highest BCUT2D eigenvalue weighted by atomic mass is 16.5. The van der Waals surface area contributed by atoms with Crippen LogP contribution in [0.25, 0.3) is 0 Å². The number of rotatable bonds is 2. The molecule has 1 aromatic rings. The van der Waals surface area contributed by atoms with Gasteiger partial charge in [0.1, 0.15) is 0 Å². The van der Waals surface area contributed by atoms with Crippen molar-refractivity contribution in [3.05, 3.63) is 29.3 Å². The van der Waals surface area contributed by atoms with Crippen molar-refractivity contribution in [1.29, 1.82) is 0 Å². The average Bonchev–Trinajstić information content (AvgIpc) is 3.17. The van der Waals surface area contributed by atoms with Crippen LogP contribution in [0.15, 0.2) is 18.2 Å². The van der Waals surface area contributed by atoms with E-state index in [-0.39, 0.29) is 5.41 Å². The number of nitrogens with zero attached hydrogens (tertiary/aromatic N) is 1. The fraction of sp³-hybridized carbons (Fsp3) is 0.632. The number of hydrogen-bond acceptors (Lipinski definition) is 3. The number of carbonyl (C=O) groups is 1. The SMILES string of the molecule is COC1CCC2(CC1)Cc1ccc(N3CCCC3)cc1C2=O. The van der Waals surface area contributed by atoms with Gasteiger partial charge in [0.05, 0.1) is 6.10 Å². The Kier molecular flexibility index (Phi) is 3.48. The van der Waals surface area contributed by atoms with Crippen molar-refractivity contribution in [2.75, 3.05) is 25.1 Å². The molecule has 0 atom stereocenters. The molecule has 1 aliphatic heterocycles. The third kappa shape index (κ3) is 2.18. The van der Waals surface area contributed by atoms with E-state index < -0.39 is 0 Å². The molecular weight excluding hydrogens is 274 g/mol. The van der Waals surface area contributed by atoms with Gasteiger partial charge in [-0.05, 0) is 62.6 Å². The summed E-state index contributed by atoms with van der Waals surface area (Å²) in [4.78, 5) is 15.5. The van der Waals surface area contributed by atoms with Crippen molar-refractivity contribution in [1.82, 2.24) is 0 Å². The molecule has 0 N–H and O–H groups in total. The second-order valence-electron chi connectivity index (χ2n) is 7.26. The number of ether oxygens (including phenoxy) is 1. The quantitative estimate of drug-likeness (QED) is 0.835. The van der Waals surface area contributed by atoms with Gasteiger partial charge in [-0.3, -0.25) is 4.79 Å². The molecular formula is C19H25NO2. The molecule has 4 rings (SSSR count). The predicted molar refractivity (Wildman–Crippen MR) is 87.6 cm³/mol. The minimum Gasteiger partial charge on any atom is -0.381 e. The fourth-order valence-corrected chi connectivity index (χ4v) is 4.62. The Labute approximate surface area is 132 Å². The molecule has 1 aromatic carbocycles. The topological polar surface area (TPSA) is 29.5 Å². The molecule has 1 heterocycles. The van der Waals surface area contributed by atoms with Gasteiger partial charge in [0.25, 0.3) is 0 Å². The maximum atomic E-state index is 13.1. The number of ketones is 1. The van der Waals surface area contributed by atoms with Crippen LogP contribution in [0.5, 0.6) is 0 Å². The molecule has 3 heteroatoms. The van der Waals surface area contributed by atoms with E-state index in [0.29, 0.717) is 11.9 Å². The van der Waals surface area contributed by atoms with Crippen molar-refractivity contribution in [3.63, 3.8) is 0 Å². The molecule has 22 heavy (non-hydrogen) atoms. The standard InChI is InChI=1S/C19H25NO2/c1-22-16-6-8-19(9-7-16)13-14-4-5-15(12-17(14)18(19)21)20-10-2-3-11-20/h4-5,12,16H,2-3,6-11,13H2,1H3. The van der Waals surface area contributed by atoms with Gasteiger partial charge in [0, 0.05) is 36.9 Å². The van der Waals surface area contributed by atoms with Gasteiger partial charge >= 0.3 is 0 Å². The number of carbonyl (C=O) groups excluding carboxylic acids is 1. The fourth-order valence-electron chi connectivity index (χ4n) is 4.62. The van der Waals surface area contributed by atoms with Crippen LogP contribution in [-0.4, -0.2) is 32.1 Å². The summed E-state index contributed by atoms with van der Waals surface area (Å²) in [5, 5.41) is 0. The molecule has 0 unspecified atom stereocenters. The monoisotopic (exact) mass is 299 g/mol. The van der Waals surface area contributed by atoms with Gasteiger partial charge in [-0.25, -0.2) is 0 Å². The molecule has 0 amide bonds. The van der Waals surface area contributed by atoms with Gasteiger partial charge in [-0.1, -0.05) is 6.07 Å². The molecule has 0 bridgehead atoms. The van der Waals surface area contributed by atoms with Crippen LogP contribution in [0.4, 0.5) is 5.69 Å². The minimum absolute atomic E-state index is 0.124. The lowest BCUT2D eigenvalue weighted by atomic mass is 9.70. The first kappa shape index (κ1) is 14.3. The number of hydrogen-bond donors (Lipinski definition) is 0. The van der Waals surface area contributed by atoms with E-state index in [0.717, 1.165) is 50.8 Å². The summed E-state index contributed by atoms with van der Waals surface area (Å²) < 4.78 is 5.47. The molecule has 0 aromatic heterocycles. The number of anilines is 1. The number of fused-ring (bicyclic) bond motifs is 1.